The Morgan fingerprint density at radius 1 is 1.02 bits per heavy atom. The molecule has 2 aliphatic rings. The van der Waals surface area contributed by atoms with E-state index in [0.717, 1.165) is 37.7 Å². The Morgan fingerprint density at radius 3 is 2.48 bits per heavy atom. The van der Waals surface area contributed by atoms with Crippen molar-refractivity contribution in [3.05, 3.63) is 66.0 Å². The summed E-state index contributed by atoms with van der Waals surface area (Å²) < 4.78 is 5.49. The number of fused-ring (bicyclic) bond motifs is 1. The Hall–Kier alpha value is -4.01. The van der Waals surface area contributed by atoms with Crippen LogP contribution in [0, 0.1) is 5.92 Å². The molecule has 0 aromatic heterocycles. The third-order valence-electron chi connectivity index (χ3n) is 7.68. The maximum Gasteiger partial charge on any atom is 0.315 e. The molecular weight excluding hydrogens is 506 g/mol. The fraction of sp³-hybridized carbons (Fsp3) is 0.452. The molecule has 214 valence electrons. The van der Waals surface area contributed by atoms with E-state index in [1.54, 1.807) is 30.3 Å². The van der Waals surface area contributed by atoms with Crippen molar-refractivity contribution in [2.45, 2.75) is 76.8 Å². The van der Waals surface area contributed by atoms with Crippen molar-refractivity contribution in [3.63, 3.8) is 0 Å². The molecule has 3 atom stereocenters. The van der Waals surface area contributed by atoms with Crippen LogP contribution in [-0.2, 0) is 10.2 Å². The third kappa shape index (κ3) is 7.34. The quantitative estimate of drug-likeness (QED) is 0.246. The summed E-state index contributed by atoms with van der Waals surface area (Å²) in [4.78, 5) is 36.8. The molecule has 2 aromatic rings. The van der Waals surface area contributed by atoms with Crippen LogP contribution in [0.1, 0.15) is 75.2 Å². The lowest BCUT2D eigenvalue weighted by molar-refractivity contribution is -0.116. The molecule has 1 aliphatic carbocycles. The van der Waals surface area contributed by atoms with Gasteiger partial charge in [-0.15, -0.1) is 0 Å². The molecule has 5 N–H and O–H groups in total. The Balaban J connectivity index is 1.22. The fourth-order valence-corrected chi connectivity index (χ4v) is 5.46. The van der Waals surface area contributed by atoms with E-state index in [4.69, 9.17) is 4.74 Å². The zero-order valence-corrected chi connectivity index (χ0v) is 23.9. The van der Waals surface area contributed by atoms with Gasteiger partial charge in [-0.25, -0.2) is 4.79 Å². The predicted molar refractivity (Wildman–Crippen MR) is 157 cm³/mol. The highest BCUT2D eigenvalue weighted by atomic mass is 16.5. The topological polar surface area (TPSA) is 121 Å². The van der Waals surface area contributed by atoms with E-state index in [2.05, 4.69) is 53.9 Å². The number of urea groups is 1. The summed E-state index contributed by atoms with van der Waals surface area (Å²) >= 11 is 0. The van der Waals surface area contributed by atoms with E-state index >= 15 is 0 Å². The van der Waals surface area contributed by atoms with Gasteiger partial charge in [0, 0.05) is 23.7 Å². The van der Waals surface area contributed by atoms with Crippen LogP contribution in [0.2, 0.25) is 0 Å². The molecule has 40 heavy (non-hydrogen) atoms. The van der Waals surface area contributed by atoms with Gasteiger partial charge < -0.3 is 31.3 Å². The van der Waals surface area contributed by atoms with Gasteiger partial charge in [0.15, 0.2) is 0 Å². The molecule has 2 fully saturated rings. The number of benzene rings is 2. The zero-order valence-electron chi connectivity index (χ0n) is 23.9. The number of methoxy groups -OCH3 is 1. The summed E-state index contributed by atoms with van der Waals surface area (Å²) in [5.41, 5.74) is 2.94. The van der Waals surface area contributed by atoms with E-state index in [9.17, 15) is 14.4 Å². The summed E-state index contributed by atoms with van der Waals surface area (Å²) in [6.45, 7) is 10.3. The molecule has 4 rings (SSSR count). The standard InChI is InChI=1S/C31H41N5O4/c1-19(33-29(38)21-10-13-22(14-11-21)31(2,3)4)32-23-15-17-24(26(18-23)40-5)34-27(37)9-7-6-8-20-12-16-25-28(20)36-30(39)35-25/h10-11,13-15,17-18,20,25,28,32H,1,6-9,12,16H2,2-5H3,(H,33,38)(H,34,37)(H2,35,36,39). The van der Waals surface area contributed by atoms with E-state index < -0.39 is 0 Å². The van der Waals surface area contributed by atoms with Crippen molar-refractivity contribution in [2.75, 3.05) is 17.7 Å². The summed E-state index contributed by atoms with van der Waals surface area (Å²) in [6.07, 6.45) is 5.25. The van der Waals surface area contributed by atoms with Gasteiger partial charge in [0.1, 0.15) is 11.6 Å². The number of nitrogens with one attached hydrogen (secondary N) is 5. The highest BCUT2D eigenvalue weighted by Crippen LogP contribution is 2.33. The van der Waals surface area contributed by atoms with Gasteiger partial charge >= 0.3 is 6.03 Å². The minimum atomic E-state index is -0.258. The Morgan fingerprint density at radius 2 is 1.77 bits per heavy atom. The van der Waals surface area contributed by atoms with Gasteiger partial charge in [-0.1, -0.05) is 45.9 Å². The van der Waals surface area contributed by atoms with Gasteiger partial charge in [-0.3, -0.25) is 9.59 Å². The lowest BCUT2D eigenvalue weighted by atomic mass is 9.87. The van der Waals surface area contributed by atoms with Crippen LogP contribution >= 0.6 is 0 Å². The van der Waals surface area contributed by atoms with E-state index in [0.29, 0.717) is 40.8 Å². The van der Waals surface area contributed by atoms with E-state index in [-0.39, 0.29) is 35.3 Å². The number of hydrogen-bond donors (Lipinski definition) is 5. The van der Waals surface area contributed by atoms with Gasteiger partial charge in [-0.05, 0) is 66.8 Å². The smallest absolute Gasteiger partial charge is 0.315 e. The van der Waals surface area contributed by atoms with Crippen LogP contribution in [0.15, 0.2) is 54.9 Å². The molecule has 0 spiro atoms. The second kappa shape index (κ2) is 12.4. The van der Waals surface area contributed by atoms with Crippen LogP contribution in [0.3, 0.4) is 0 Å². The lowest BCUT2D eigenvalue weighted by Gasteiger charge is -2.19. The highest BCUT2D eigenvalue weighted by Gasteiger charge is 2.41. The Labute approximate surface area is 236 Å². The number of ether oxygens (including phenoxy) is 1. The lowest BCUT2D eigenvalue weighted by Crippen LogP contribution is -2.33. The fourth-order valence-electron chi connectivity index (χ4n) is 5.46. The van der Waals surface area contributed by atoms with Crippen molar-refractivity contribution >= 4 is 29.2 Å². The minimum absolute atomic E-state index is 0.0126. The summed E-state index contributed by atoms with van der Waals surface area (Å²) in [7, 11) is 1.54. The van der Waals surface area contributed by atoms with Crippen LogP contribution in [-0.4, -0.2) is 37.0 Å². The first-order valence-corrected chi connectivity index (χ1v) is 14.0. The molecule has 4 amide bonds. The first-order chi connectivity index (χ1) is 19.0. The summed E-state index contributed by atoms with van der Waals surface area (Å²) in [5.74, 6) is 0.960. The number of unbranched alkanes of at least 4 members (excludes halogenated alkanes) is 1. The van der Waals surface area contributed by atoms with Crippen LogP contribution in [0.5, 0.6) is 5.75 Å². The van der Waals surface area contributed by atoms with Crippen molar-refractivity contribution in [1.29, 1.82) is 0 Å². The summed E-state index contributed by atoms with van der Waals surface area (Å²) in [6, 6.07) is 13.2. The molecule has 1 saturated heterocycles. The number of amides is 4. The van der Waals surface area contributed by atoms with Crippen molar-refractivity contribution < 1.29 is 19.1 Å². The van der Waals surface area contributed by atoms with Gasteiger partial charge in [-0.2, -0.15) is 0 Å². The molecule has 1 heterocycles. The number of rotatable bonds is 11. The molecule has 0 bridgehead atoms. The first kappa shape index (κ1) is 29.0. The molecule has 2 aromatic carbocycles. The number of carbonyl (C=O) groups excluding carboxylic acids is 3. The first-order valence-electron chi connectivity index (χ1n) is 14.0. The number of anilines is 2. The maximum absolute atomic E-state index is 12.6. The van der Waals surface area contributed by atoms with E-state index in [1.807, 2.05) is 12.1 Å². The maximum atomic E-state index is 12.6. The number of carbonyl (C=O) groups is 3. The van der Waals surface area contributed by atoms with Crippen LogP contribution < -0.4 is 31.3 Å². The predicted octanol–water partition coefficient (Wildman–Crippen LogP) is 5.26. The third-order valence-corrected chi connectivity index (χ3v) is 7.68. The van der Waals surface area contributed by atoms with Crippen molar-refractivity contribution in [1.82, 2.24) is 16.0 Å². The summed E-state index contributed by atoms with van der Waals surface area (Å²) in [5, 5.41) is 14.8. The second-order valence-electron chi connectivity index (χ2n) is 11.7. The molecule has 1 aliphatic heterocycles. The van der Waals surface area contributed by atoms with Crippen LogP contribution in [0.4, 0.5) is 16.2 Å². The van der Waals surface area contributed by atoms with E-state index in [1.165, 1.54) is 7.11 Å². The van der Waals surface area contributed by atoms with Crippen LogP contribution in [0.25, 0.3) is 0 Å². The zero-order chi connectivity index (χ0) is 28.9. The van der Waals surface area contributed by atoms with Crippen molar-refractivity contribution in [2.24, 2.45) is 5.92 Å². The molecule has 9 heteroatoms. The monoisotopic (exact) mass is 547 g/mol. The van der Waals surface area contributed by atoms with Gasteiger partial charge in [0.25, 0.3) is 5.91 Å². The average Bonchev–Trinajstić information content (AvgIpc) is 3.46. The number of hydrogen-bond acceptors (Lipinski definition) is 5. The molecule has 1 saturated carbocycles. The molecule has 9 nitrogen and oxygen atoms in total. The second-order valence-corrected chi connectivity index (χ2v) is 11.7. The molecular formula is C31H41N5O4. The largest absolute Gasteiger partial charge is 0.494 e. The molecule has 0 radical (unpaired) electrons. The van der Waals surface area contributed by atoms with Crippen molar-refractivity contribution in [3.8, 4) is 5.75 Å². The Bertz CT molecular complexity index is 1250. The van der Waals surface area contributed by atoms with Gasteiger partial charge in [0.05, 0.1) is 24.9 Å². The normalized spacial score (nSPS) is 19.7. The molecule has 3 unspecified atom stereocenters. The minimum Gasteiger partial charge on any atom is -0.494 e. The highest BCUT2D eigenvalue weighted by molar-refractivity contribution is 5.95. The average molecular weight is 548 g/mol. The Kier molecular flexibility index (Phi) is 9.02. The van der Waals surface area contributed by atoms with Gasteiger partial charge in [0.2, 0.25) is 5.91 Å². The SMILES string of the molecule is C=C(NC(=O)c1ccc(C(C)(C)C)cc1)Nc1ccc(NC(=O)CCCCC2CCC3NC(=O)NC23)c(OC)c1.